The summed E-state index contributed by atoms with van der Waals surface area (Å²) >= 11 is 0. The Morgan fingerprint density at radius 2 is 2.55 bits per heavy atom. The van der Waals surface area contributed by atoms with Crippen molar-refractivity contribution in [1.82, 2.24) is 9.55 Å². The Morgan fingerprint density at radius 3 is 3.09 bits per heavy atom. The number of nitrogens with zero attached hydrogens (tertiary/aromatic N) is 2. The summed E-state index contributed by atoms with van der Waals surface area (Å²) in [7, 11) is 1.68. The molecule has 1 aromatic rings. The molecule has 0 spiro atoms. The maximum absolute atomic E-state index is 5.38. The Bertz CT molecular complexity index is 209. The quantitative estimate of drug-likeness (QED) is 0.665. The third-order valence-corrected chi connectivity index (χ3v) is 1.45. The largest absolute Gasteiger partial charge is 0.383 e. The second-order valence-electron chi connectivity index (χ2n) is 2.30. The van der Waals surface area contributed by atoms with Crippen molar-refractivity contribution in [3.8, 4) is 0 Å². The molecule has 0 atom stereocenters. The first kappa shape index (κ1) is 8.23. The van der Waals surface area contributed by atoms with Crippen molar-refractivity contribution in [2.45, 2.75) is 13.1 Å². The van der Waals surface area contributed by atoms with Crippen LogP contribution in [0.5, 0.6) is 0 Å². The zero-order valence-corrected chi connectivity index (χ0v) is 6.66. The third kappa shape index (κ3) is 2.32. The normalized spacial score (nSPS) is 10.4. The highest BCUT2D eigenvalue weighted by atomic mass is 16.5. The highest BCUT2D eigenvalue weighted by molar-refractivity contribution is 4.95. The van der Waals surface area contributed by atoms with E-state index in [0.29, 0.717) is 13.2 Å². The fourth-order valence-corrected chi connectivity index (χ4v) is 0.831. The lowest BCUT2D eigenvalue weighted by molar-refractivity contribution is 0.187. The predicted octanol–water partition coefficient (Wildman–Crippen LogP) is -0.0118. The average molecular weight is 155 g/mol. The van der Waals surface area contributed by atoms with Gasteiger partial charge in [-0.25, -0.2) is 4.98 Å². The molecule has 2 N–H and O–H groups in total. The molecule has 4 nitrogen and oxygen atoms in total. The van der Waals surface area contributed by atoms with E-state index in [1.54, 1.807) is 13.4 Å². The monoisotopic (exact) mass is 155 g/mol. The van der Waals surface area contributed by atoms with Crippen molar-refractivity contribution in [2.24, 2.45) is 5.73 Å². The molecule has 4 heteroatoms. The van der Waals surface area contributed by atoms with E-state index in [9.17, 15) is 0 Å². The van der Waals surface area contributed by atoms with Crippen LogP contribution >= 0.6 is 0 Å². The Morgan fingerprint density at radius 1 is 1.73 bits per heavy atom. The van der Waals surface area contributed by atoms with Gasteiger partial charge in [0.2, 0.25) is 0 Å². The zero-order chi connectivity index (χ0) is 8.10. The van der Waals surface area contributed by atoms with Crippen LogP contribution in [0, 0.1) is 0 Å². The fourth-order valence-electron chi connectivity index (χ4n) is 0.831. The molecule has 0 aliphatic heterocycles. The molecule has 0 saturated carbocycles. The molecule has 1 rings (SSSR count). The van der Waals surface area contributed by atoms with Gasteiger partial charge < -0.3 is 15.0 Å². The molecule has 0 unspecified atom stereocenters. The Hall–Kier alpha value is -0.870. The third-order valence-electron chi connectivity index (χ3n) is 1.45. The summed E-state index contributed by atoms with van der Waals surface area (Å²) in [5.74, 6) is 0. The maximum atomic E-state index is 5.38. The molecule has 0 fully saturated rings. The van der Waals surface area contributed by atoms with Crippen molar-refractivity contribution >= 4 is 0 Å². The number of hydrogen-bond acceptors (Lipinski definition) is 3. The van der Waals surface area contributed by atoms with Crippen LogP contribution in [-0.2, 0) is 17.8 Å². The minimum absolute atomic E-state index is 0.500. The first-order valence-electron chi connectivity index (χ1n) is 3.56. The number of ether oxygens (including phenoxy) is 1. The van der Waals surface area contributed by atoms with E-state index in [4.69, 9.17) is 10.5 Å². The van der Waals surface area contributed by atoms with Crippen LogP contribution in [0.15, 0.2) is 12.5 Å². The van der Waals surface area contributed by atoms with Crippen LogP contribution in [0.2, 0.25) is 0 Å². The van der Waals surface area contributed by atoms with E-state index < -0.39 is 0 Å². The lowest BCUT2D eigenvalue weighted by atomic mass is 10.5. The van der Waals surface area contributed by atoms with E-state index in [2.05, 4.69) is 4.98 Å². The molecule has 0 bridgehead atoms. The van der Waals surface area contributed by atoms with Crippen molar-refractivity contribution < 1.29 is 4.74 Å². The first-order valence-corrected chi connectivity index (χ1v) is 3.56. The highest BCUT2D eigenvalue weighted by Crippen LogP contribution is 1.93. The SMILES string of the molecule is COCCn1cnc(CN)c1. The van der Waals surface area contributed by atoms with Crippen LogP contribution in [0.4, 0.5) is 0 Å². The van der Waals surface area contributed by atoms with Gasteiger partial charge in [-0.15, -0.1) is 0 Å². The highest BCUT2D eigenvalue weighted by Gasteiger charge is 1.94. The number of methoxy groups -OCH3 is 1. The van der Waals surface area contributed by atoms with Crippen LogP contribution in [0.25, 0.3) is 0 Å². The number of imidazole rings is 1. The summed E-state index contributed by atoms with van der Waals surface area (Å²) in [6.45, 7) is 2.05. The topological polar surface area (TPSA) is 53.1 Å². The molecule has 0 radical (unpaired) electrons. The van der Waals surface area contributed by atoms with Gasteiger partial charge in [-0.3, -0.25) is 0 Å². The molecular weight excluding hydrogens is 142 g/mol. The Kier molecular flexibility index (Phi) is 3.07. The zero-order valence-electron chi connectivity index (χ0n) is 6.66. The summed E-state index contributed by atoms with van der Waals surface area (Å²) < 4.78 is 6.87. The van der Waals surface area contributed by atoms with E-state index in [0.717, 1.165) is 12.2 Å². The lowest BCUT2D eigenvalue weighted by Gasteiger charge is -1.98. The molecule has 0 aliphatic carbocycles. The van der Waals surface area contributed by atoms with E-state index in [1.165, 1.54) is 0 Å². The van der Waals surface area contributed by atoms with Crippen LogP contribution < -0.4 is 5.73 Å². The summed E-state index contributed by atoms with van der Waals surface area (Å²) in [4.78, 5) is 4.07. The first-order chi connectivity index (χ1) is 5.36. The van der Waals surface area contributed by atoms with Crippen molar-refractivity contribution in [3.05, 3.63) is 18.2 Å². The van der Waals surface area contributed by atoms with Gasteiger partial charge in [0.15, 0.2) is 0 Å². The van der Waals surface area contributed by atoms with Gasteiger partial charge in [-0.1, -0.05) is 0 Å². The van der Waals surface area contributed by atoms with Gasteiger partial charge >= 0.3 is 0 Å². The Labute approximate surface area is 66.0 Å². The fraction of sp³-hybridized carbons (Fsp3) is 0.571. The van der Waals surface area contributed by atoms with Gasteiger partial charge in [0, 0.05) is 26.4 Å². The summed E-state index contributed by atoms with van der Waals surface area (Å²) in [6.07, 6.45) is 3.69. The number of hydrogen-bond donors (Lipinski definition) is 1. The minimum Gasteiger partial charge on any atom is -0.383 e. The molecular formula is C7H13N3O. The molecule has 1 heterocycles. The van der Waals surface area contributed by atoms with Gasteiger partial charge in [0.25, 0.3) is 0 Å². The van der Waals surface area contributed by atoms with Crippen LogP contribution in [-0.4, -0.2) is 23.3 Å². The second-order valence-corrected chi connectivity index (χ2v) is 2.30. The molecule has 1 aromatic heterocycles. The molecule has 0 aromatic carbocycles. The van der Waals surface area contributed by atoms with E-state index in [1.807, 2.05) is 10.8 Å². The van der Waals surface area contributed by atoms with E-state index in [-0.39, 0.29) is 0 Å². The van der Waals surface area contributed by atoms with Crippen LogP contribution in [0.3, 0.4) is 0 Å². The summed E-state index contributed by atoms with van der Waals surface area (Å²) in [5, 5.41) is 0. The summed E-state index contributed by atoms with van der Waals surface area (Å²) in [6, 6.07) is 0. The van der Waals surface area contributed by atoms with Crippen molar-refractivity contribution in [1.29, 1.82) is 0 Å². The van der Waals surface area contributed by atoms with Gasteiger partial charge in [-0.05, 0) is 0 Å². The summed E-state index contributed by atoms with van der Waals surface area (Å²) in [5.41, 5.74) is 6.30. The predicted molar refractivity (Wildman–Crippen MR) is 42.0 cm³/mol. The van der Waals surface area contributed by atoms with E-state index >= 15 is 0 Å². The minimum atomic E-state index is 0.500. The standard InChI is InChI=1S/C7H13N3O/c1-11-3-2-10-5-7(4-8)9-6-10/h5-6H,2-4,8H2,1H3. The Balaban J connectivity index is 2.44. The van der Waals surface area contributed by atoms with Gasteiger partial charge in [0.1, 0.15) is 0 Å². The lowest BCUT2D eigenvalue weighted by Crippen LogP contribution is -2.01. The number of rotatable bonds is 4. The van der Waals surface area contributed by atoms with Crippen LogP contribution in [0.1, 0.15) is 5.69 Å². The molecule has 0 amide bonds. The second kappa shape index (κ2) is 4.10. The number of nitrogens with two attached hydrogens (primary N) is 1. The maximum Gasteiger partial charge on any atom is 0.0950 e. The smallest absolute Gasteiger partial charge is 0.0950 e. The van der Waals surface area contributed by atoms with Gasteiger partial charge in [-0.2, -0.15) is 0 Å². The van der Waals surface area contributed by atoms with Crippen molar-refractivity contribution in [3.63, 3.8) is 0 Å². The molecule has 11 heavy (non-hydrogen) atoms. The van der Waals surface area contributed by atoms with Gasteiger partial charge in [0.05, 0.1) is 18.6 Å². The molecule has 62 valence electrons. The molecule has 0 saturated heterocycles. The number of aromatic nitrogens is 2. The molecule has 0 aliphatic rings. The van der Waals surface area contributed by atoms with Crippen molar-refractivity contribution in [2.75, 3.05) is 13.7 Å². The average Bonchev–Trinajstić information content (AvgIpc) is 2.48.